The molecule has 4 bridgehead atoms. The highest BCUT2D eigenvalue weighted by Gasteiger charge is 2.48. The molecule has 4 fully saturated rings. The van der Waals surface area contributed by atoms with Crippen LogP contribution < -0.4 is 5.32 Å². The summed E-state index contributed by atoms with van der Waals surface area (Å²) in [6, 6.07) is 3.65. The van der Waals surface area contributed by atoms with Crippen LogP contribution in [0.25, 0.3) is 0 Å². The lowest BCUT2D eigenvalue weighted by atomic mass is 9.54. The van der Waals surface area contributed by atoms with Gasteiger partial charge >= 0.3 is 0 Å². The number of benzene rings is 1. The molecular weight excluding hydrogens is 272 g/mol. The molecule has 0 heterocycles. The van der Waals surface area contributed by atoms with Gasteiger partial charge in [0.2, 0.25) is 0 Å². The first-order valence-corrected chi connectivity index (χ1v) is 7.86. The van der Waals surface area contributed by atoms with Crippen molar-refractivity contribution >= 4 is 5.91 Å². The highest BCUT2D eigenvalue weighted by atomic mass is 19.1. The van der Waals surface area contributed by atoms with Gasteiger partial charge in [-0.3, -0.25) is 4.79 Å². The number of halogens is 2. The molecule has 1 aromatic carbocycles. The molecule has 21 heavy (non-hydrogen) atoms. The van der Waals surface area contributed by atoms with Crippen LogP contribution in [0.4, 0.5) is 8.78 Å². The summed E-state index contributed by atoms with van der Waals surface area (Å²) in [7, 11) is 0. The second-order valence-electron chi connectivity index (χ2n) is 7.03. The number of hydrogen-bond donors (Lipinski definition) is 1. The van der Waals surface area contributed by atoms with E-state index in [1.807, 2.05) is 0 Å². The number of carbonyl (C=O) groups is 1. The van der Waals surface area contributed by atoms with Gasteiger partial charge in [0.1, 0.15) is 17.2 Å². The van der Waals surface area contributed by atoms with Gasteiger partial charge in [0.15, 0.2) is 0 Å². The number of amides is 1. The molecule has 1 N–H and O–H groups in total. The Hall–Kier alpha value is -1.45. The van der Waals surface area contributed by atoms with Crippen LogP contribution in [-0.2, 0) is 0 Å². The second kappa shape index (κ2) is 4.79. The average molecular weight is 291 g/mol. The summed E-state index contributed by atoms with van der Waals surface area (Å²) in [5.41, 5.74) is -0.439. The molecule has 0 spiro atoms. The Balaban J connectivity index is 1.55. The van der Waals surface area contributed by atoms with Gasteiger partial charge < -0.3 is 5.32 Å². The van der Waals surface area contributed by atoms with Crippen molar-refractivity contribution in [1.82, 2.24) is 5.32 Å². The topological polar surface area (TPSA) is 29.1 Å². The lowest BCUT2D eigenvalue weighted by molar-refractivity contribution is -0.0120. The predicted molar refractivity (Wildman–Crippen MR) is 74.7 cm³/mol. The molecule has 0 radical (unpaired) electrons. The van der Waals surface area contributed by atoms with Crippen LogP contribution in [0.3, 0.4) is 0 Å². The van der Waals surface area contributed by atoms with Gasteiger partial charge in [-0.05, 0) is 67.9 Å². The van der Waals surface area contributed by atoms with Gasteiger partial charge in [0.05, 0.1) is 0 Å². The molecule has 4 aliphatic carbocycles. The first kappa shape index (κ1) is 13.2. The van der Waals surface area contributed by atoms with Crippen molar-refractivity contribution in [2.75, 3.05) is 0 Å². The number of rotatable bonds is 2. The molecule has 112 valence electrons. The number of nitrogens with one attached hydrogen (secondary N) is 1. The molecule has 4 heteroatoms. The third-order valence-corrected chi connectivity index (χ3v) is 5.71. The van der Waals surface area contributed by atoms with Crippen molar-refractivity contribution in [3.05, 3.63) is 35.4 Å². The van der Waals surface area contributed by atoms with Crippen molar-refractivity contribution in [3.63, 3.8) is 0 Å². The quantitative estimate of drug-likeness (QED) is 0.887. The molecule has 1 aromatic rings. The zero-order valence-corrected chi connectivity index (χ0v) is 11.8. The van der Waals surface area contributed by atoms with Crippen molar-refractivity contribution in [1.29, 1.82) is 0 Å². The summed E-state index contributed by atoms with van der Waals surface area (Å²) in [6.45, 7) is 0. The third-order valence-electron chi connectivity index (χ3n) is 5.71. The minimum absolute atomic E-state index is 0.101. The maximum absolute atomic E-state index is 13.7. The summed E-state index contributed by atoms with van der Waals surface area (Å²) in [4.78, 5) is 12.3. The smallest absolute Gasteiger partial charge is 0.257 e. The van der Waals surface area contributed by atoms with Gasteiger partial charge in [-0.1, -0.05) is 6.07 Å². The van der Waals surface area contributed by atoms with Crippen LogP contribution in [0.1, 0.15) is 42.5 Å². The van der Waals surface area contributed by atoms with Crippen LogP contribution >= 0.6 is 0 Å². The van der Waals surface area contributed by atoms with Crippen molar-refractivity contribution < 1.29 is 13.6 Å². The zero-order valence-electron chi connectivity index (χ0n) is 11.8. The van der Waals surface area contributed by atoms with Gasteiger partial charge in [0.25, 0.3) is 5.91 Å². The van der Waals surface area contributed by atoms with E-state index in [4.69, 9.17) is 0 Å². The van der Waals surface area contributed by atoms with E-state index in [1.54, 1.807) is 0 Å². The molecule has 0 unspecified atom stereocenters. The van der Waals surface area contributed by atoms with E-state index in [2.05, 4.69) is 5.32 Å². The van der Waals surface area contributed by atoms with E-state index in [9.17, 15) is 13.6 Å². The molecule has 0 atom stereocenters. The van der Waals surface area contributed by atoms with Crippen LogP contribution in [-0.4, -0.2) is 11.9 Å². The van der Waals surface area contributed by atoms with E-state index < -0.39 is 23.1 Å². The van der Waals surface area contributed by atoms with Crippen molar-refractivity contribution in [2.45, 2.75) is 38.1 Å². The molecule has 0 aliphatic heterocycles. The minimum Gasteiger partial charge on any atom is -0.349 e. The molecule has 0 aromatic heterocycles. The number of hydrogen-bond acceptors (Lipinski definition) is 1. The molecule has 4 saturated carbocycles. The van der Waals surface area contributed by atoms with E-state index in [0.717, 1.165) is 49.7 Å². The minimum atomic E-state index is -0.781. The van der Waals surface area contributed by atoms with Gasteiger partial charge in [-0.25, -0.2) is 8.78 Å². The largest absolute Gasteiger partial charge is 0.349 e. The first-order chi connectivity index (χ1) is 10.1. The monoisotopic (exact) mass is 291 g/mol. The van der Waals surface area contributed by atoms with Gasteiger partial charge in [-0.15, -0.1) is 0 Å². The Labute approximate surface area is 122 Å². The second-order valence-corrected chi connectivity index (χ2v) is 7.03. The molecular formula is C17H19F2NO. The lowest BCUT2D eigenvalue weighted by Gasteiger charge is -2.54. The summed E-state index contributed by atoms with van der Waals surface area (Å²) in [5, 5.41) is 2.94. The van der Waals surface area contributed by atoms with E-state index >= 15 is 0 Å². The Morgan fingerprint density at radius 2 is 1.48 bits per heavy atom. The summed E-state index contributed by atoms with van der Waals surface area (Å²) in [5.74, 6) is 0.465. The highest BCUT2D eigenvalue weighted by Crippen LogP contribution is 2.53. The predicted octanol–water partition coefficient (Wildman–Crippen LogP) is 3.52. The van der Waals surface area contributed by atoms with E-state index in [-0.39, 0.29) is 6.04 Å². The van der Waals surface area contributed by atoms with Gasteiger partial charge in [-0.2, -0.15) is 0 Å². The van der Waals surface area contributed by atoms with Crippen molar-refractivity contribution in [3.8, 4) is 0 Å². The maximum Gasteiger partial charge on any atom is 0.257 e. The fourth-order valence-corrected chi connectivity index (χ4v) is 5.10. The van der Waals surface area contributed by atoms with Crippen LogP contribution in [0.2, 0.25) is 0 Å². The van der Waals surface area contributed by atoms with Crippen molar-refractivity contribution in [2.24, 2.45) is 23.7 Å². The lowest BCUT2D eigenvalue weighted by Crippen LogP contribution is -2.56. The highest BCUT2D eigenvalue weighted by molar-refractivity contribution is 5.95. The summed E-state index contributed by atoms with van der Waals surface area (Å²) in [6.07, 6.45) is 6.00. The number of carbonyl (C=O) groups excluding carboxylic acids is 1. The average Bonchev–Trinajstić information content (AvgIpc) is 2.42. The van der Waals surface area contributed by atoms with E-state index in [0.29, 0.717) is 11.8 Å². The Kier molecular flexibility index (Phi) is 3.02. The first-order valence-electron chi connectivity index (χ1n) is 7.86. The molecule has 1 amide bonds. The fraction of sp³-hybridized carbons (Fsp3) is 0.588. The zero-order chi connectivity index (χ0) is 14.6. The fourth-order valence-electron chi connectivity index (χ4n) is 5.10. The Morgan fingerprint density at radius 3 is 2.00 bits per heavy atom. The summed E-state index contributed by atoms with van der Waals surface area (Å²) < 4.78 is 27.4. The van der Waals surface area contributed by atoms with Crippen LogP contribution in [0.5, 0.6) is 0 Å². The molecule has 5 rings (SSSR count). The Morgan fingerprint density at radius 1 is 0.952 bits per heavy atom. The molecule has 2 nitrogen and oxygen atoms in total. The maximum atomic E-state index is 13.7. The summed E-state index contributed by atoms with van der Waals surface area (Å²) >= 11 is 0. The molecule has 4 aliphatic rings. The Bertz CT molecular complexity index is 538. The molecule has 0 saturated heterocycles. The third kappa shape index (κ3) is 2.16. The standard InChI is InChI=1S/C17H19F2NO/c18-13-2-1-3-14(19)15(13)17(21)20-16-11-5-9-4-10(7-11)8-12(16)6-9/h1-3,9-12,16H,4-8H2,(H,20,21). The SMILES string of the molecule is O=C(NC1C2CC3CC(C2)CC1C3)c1c(F)cccc1F. The van der Waals surface area contributed by atoms with Crippen LogP contribution in [0.15, 0.2) is 18.2 Å². The normalized spacial score (nSPS) is 36.8. The van der Waals surface area contributed by atoms with E-state index in [1.165, 1.54) is 12.5 Å². The van der Waals surface area contributed by atoms with Gasteiger partial charge in [0, 0.05) is 6.04 Å². The van der Waals surface area contributed by atoms with Crippen LogP contribution in [0, 0.1) is 35.3 Å².